The fraction of sp³-hybridized carbons (Fsp3) is 0.451. The number of nitrogens with two attached hydrogens (primary N) is 5. The summed E-state index contributed by atoms with van der Waals surface area (Å²) in [6.45, 7) is 8.72. The highest BCUT2D eigenvalue weighted by Gasteiger charge is 2.42. The van der Waals surface area contributed by atoms with Gasteiger partial charge >= 0.3 is 17.9 Å². The molecular weight excluding hydrogens is 1850 g/mol. The van der Waals surface area contributed by atoms with E-state index in [0.29, 0.717) is 11.1 Å². The summed E-state index contributed by atoms with van der Waals surface area (Å²) in [5.41, 5.74) is 29.4. The molecule has 4 aromatic carbocycles. The lowest BCUT2D eigenvalue weighted by Gasteiger charge is -2.30. The lowest BCUT2D eigenvalue weighted by molar-refractivity contribution is -0.143. The van der Waals surface area contributed by atoms with E-state index in [1.54, 1.807) is 58.0 Å². The van der Waals surface area contributed by atoms with E-state index in [1.165, 1.54) is 105 Å². The number of aliphatic carboxylic acids is 3. The number of hydrogen-bond donors (Lipinski definition) is 28. The molecule has 2 aromatic heterocycles. The molecule has 0 aliphatic rings. The fourth-order valence-electron chi connectivity index (χ4n) is 14.2. The molecule has 141 heavy (non-hydrogen) atoms. The van der Waals surface area contributed by atoms with E-state index in [4.69, 9.17) is 28.7 Å². The highest BCUT2D eigenvalue weighted by atomic mass is 16.4. The maximum absolute atomic E-state index is 15.3. The number of imidazole rings is 2. The van der Waals surface area contributed by atoms with Crippen LogP contribution in [0.3, 0.4) is 0 Å². The van der Waals surface area contributed by atoms with Crippen LogP contribution in [0.4, 0.5) is 0 Å². The molecule has 0 radical (unpaired) electrons. The second-order valence-corrected chi connectivity index (χ2v) is 34.1. The van der Waals surface area contributed by atoms with Crippen molar-refractivity contribution in [1.82, 2.24) is 94.4 Å². The first-order valence-corrected chi connectivity index (χ1v) is 45.0. The monoisotopic (exact) mass is 1970 g/mol. The summed E-state index contributed by atoms with van der Waals surface area (Å²) in [6, 6.07) is -2.23. The van der Waals surface area contributed by atoms with E-state index in [1.807, 2.05) is 0 Å². The number of rotatable bonds is 60. The summed E-state index contributed by atoms with van der Waals surface area (Å²) in [5.74, 6) is -25.2. The number of aliphatic hydroxyl groups excluding tert-OH is 1. The maximum Gasteiger partial charge on any atom is 0.326 e. The van der Waals surface area contributed by atoms with Crippen LogP contribution in [0, 0.1) is 11.8 Å². The van der Waals surface area contributed by atoms with Gasteiger partial charge in [-0.3, -0.25) is 91.3 Å². The Morgan fingerprint density at radius 1 is 0.362 bits per heavy atom. The summed E-state index contributed by atoms with van der Waals surface area (Å²) in [5, 5.41) is 106. The average molecular weight is 1970 g/mol. The lowest BCUT2D eigenvalue weighted by Crippen LogP contribution is -2.63. The fourth-order valence-corrected chi connectivity index (χ4v) is 14.2. The highest BCUT2D eigenvalue weighted by molar-refractivity contribution is 6.02. The summed E-state index contributed by atoms with van der Waals surface area (Å²) in [4.78, 5) is 283. The zero-order valence-corrected chi connectivity index (χ0v) is 78.2. The topological polar surface area (TPSA) is 834 Å². The van der Waals surface area contributed by atoms with Crippen molar-refractivity contribution in [2.75, 3.05) is 6.54 Å². The van der Waals surface area contributed by atoms with Gasteiger partial charge in [-0.25, -0.2) is 14.8 Å². The number of aliphatic imine (C=N–C) groups is 1. The van der Waals surface area contributed by atoms with Gasteiger partial charge in [-0.1, -0.05) is 101 Å². The van der Waals surface area contributed by atoms with Gasteiger partial charge in [-0.2, -0.15) is 0 Å². The second-order valence-electron chi connectivity index (χ2n) is 34.1. The van der Waals surface area contributed by atoms with Crippen molar-refractivity contribution in [3.63, 3.8) is 0 Å². The van der Waals surface area contributed by atoms with Crippen molar-refractivity contribution in [3.8, 4) is 17.2 Å². The van der Waals surface area contributed by atoms with Crippen molar-refractivity contribution >= 4 is 118 Å². The molecule has 33 N–H and O–H groups in total. The van der Waals surface area contributed by atoms with Crippen LogP contribution >= 0.6 is 0 Å². The molecule has 764 valence electrons. The molecular formula is C91H124N24O26. The number of benzene rings is 4. The van der Waals surface area contributed by atoms with Crippen molar-refractivity contribution in [2.45, 2.75) is 241 Å². The molecule has 2 heterocycles. The van der Waals surface area contributed by atoms with E-state index in [2.05, 4.69) is 99.4 Å². The summed E-state index contributed by atoms with van der Waals surface area (Å²) in [6.07, 6.45) is -4.01. The Hall–Kier alpha value is -16.2. The molecule has 0 aliphatic carbocycles. The smallest absolute Gasteiger partial charge is 0.326 e. The summed E-state index contributed by atoms with van der Waals surface area (Å²) in [7, 11) is 0. The molecule has 0 spiro atoms. The van der Waals surface area contributed by atoms with Crippen LogP contribution in [0.25, 0.3) is 0 Å². The number of hydrogen-bond acceptors (Lipinski definition) is 27. The van der Waals surface area contributed by atoms with E-state index in [9.17, 15) is 98.1 Å². The van der Waals surface area contributed by atoms with E-state index >= 15 is 28.8 Å². The number of guanidine groups is 1. The molecule has 6 rings (SSSR count). The molecule has 0 aliphatic heterocycles. The molecule has 0 bridgehead atoms. The Kier molecular flexibility index (Phi) is 45.5. The molecule has 16 amide bonds. The largest absolute Gasteiger partial charge is 0.508 e. The number of aromatic nitrogens is 4. The number of aromatic hydroxyl groups is 3. The minimum Gasteiger partial charge on any atom is -0.508 e. The average Bonchev–Trinajstić information content (AvgIpc) is 1.82. The summed E-state index contributed by atoms with van der Waals surface area (Å²) >= 11 is 0. The van der Waals surface area contributed by atoms with Crippen molar-refractivity contribution in [2.24, 2.45) is 45.5 Å². The number of aromatic amines is 2. The minimum absolute atomic E-state index is 0.113. The number of carboxylic acid groups (broad SMARTS) is 3. The van der Waals surface area contributed by atoms with Gasteiger partial charge in [-0.05, 0) is 116 Å². The maximum atomic E-state index is 15.3. The first-order valence-electron chi connectivity index (χ1n) is 45.0. The van der Waals surface area contributed by atoms with Gasteiger partial charge in [0.2, 0.25) is 94.5 Å². The van der Waals surface area contributed by atoms with Gasteiger partial charge in [-0.15, -0.1) is 0 Å². The highest BCUT2D eigenvalue weighted by Crippen LogP contribution is 2.20. The van der Waals surface area contributed by atoms with Crippen LogP contribution in [-0.4, -0.2) is 277 Å². The number of primary amides is 2. The van der Waals surface area contributed by atoms with E-state index in [-0.39, 0.29) is 91.3 Å². The van der Waals surface area contributed by atoms with E-state index < -0.39 is 285 Å². The SMILES string of the molecule is CC[C@H](C)[C@H](NC(=O)[C@H](Cc1ccc(O)cc1)NC(=O)[C@H](CCCN=C(N)N)NC(=O)[C@H](Cc1ccc(O)cc1)NC(=O)[C@H](CC(=O)O)NC(=O)[C@H](CC(=O)O)NC(=O)[C@H](CCC(N)=O)NC(=O)[C@H](C)N)C(=O)N[C@@H](Cc1c[nH]cn1)C(=O)N[C@@H](Cc1ccccc1)C(=O)N[C@@H](CC(C)C)C(=O)N[C@H](C(=O)N[C@@H](CCC(N)=O)C(=O)N[C@@H](Cc1c[nH]cn1)C(=O)N[C@@H](Cc1ccc(O)cc1)C(=O)O)[C@@H](C)O. The van der Waals surface area contributed by atoms with E-state index in [0.717, 1.165) is 6.92 Å². The molecule has 0 saturated heterocycles. The zero-order chi connectivity index (χ0) is 104. The van der Waals surface area contributed by atoms with Gasteiger partial charge in [0, 0.05) is 70.3 Å². The molecule has 0 unspecified atom stereocenters. The number of phenols is 3. The predicted octanol–water partition coefficient (Wildman–Crippen LogP) is -5.77. The van der Waals surface area contributed by atoms with Gasteiger partial charge in [0.15, 0.2) is 5.96 Å². The Morgan fingerprint density at radius 2 is 0.667 bits per heavy atom. The zero-order valence-electron chi connectivity index (χ0n) is 78.2. The van der Waals surface area contributed by atoms with Gasteiger partial charge < -0.3 is 149 Å². The van der Waals surface area contributed by atoms with Crippen LogP contribution in [0.2, 0.25) is 0 Å². The normalized spacial score (nSPS) is 14.7. The van der Waals surface area contributed by atoms with Crippen LogP contribution in [0.1, 0.15) is 139 Å². The standard InChI is InChI=1S/C91H124N24O26/c1-7-46(4)74(114-87(137)64(35-51-17-23-56(118)24-18-51)106-77(127)58(14-11-31-99-91(95)96)103-80(130)63(34-50-15-21-55(117)22-16-50)108-84(134)68(40-73(124)125)111-85(135)67(39-72(122)123)110-78(128)59(27-29-70(93)120)102-76(126)47(5)92)88(138)112-66(38-54-42-98-44-101-54)82(132)107-62(33-49-12-9-8-10-13-49)81(131)105-61(32-45(2)3)86(136)115-75(48(6)116)89(139)104-60(28-30-71(94)121)79(129)109-65(37-53-41-97-43-100-53)83(133)113-69(90(140)141)36-52-19-25-57(119)26-20-52/h8-10,12-13,15-26,41-48,58-69,74-75,116-119H,7,11,14,27-40,92H2,1-6H3,(H2,93,120)(H2,94,121)(H,97,100)(H,98,101)(H,102,126)(H,103,130)(H,104,139)(H,105,131)(H,106,127)(H,107,132)(H,108,134)(H,109,129)(H,110,128)(H,111,135)(H,112,138)(H,113,133)(H,114,137)(H,115,136)(H,122,123)(H,124,125)(H,140,141)(H4,95,96,99)/t46-,47-,48+,58-,59-,60-,61-,62-,63-,64-,65-,66-,67-,68-,69-,74-,75-/m0/s1. The molecule has 17 atom stereocenters. The third kappa shape index (κ3) is 39.8. The Labute approximate surface area is 808 Å². The van der Waals surface area contributed by atoms with Crippen LogP contribution in [0.5, 0.6) is 17.2 Å². The number of H-pyrrole nitrogens is 2. The van der Waals surface area contributed by atoms with Crippen LogP contribution in [-0.2, 0) is 130 Å². The minimum atomic E-state index is -2.22. The Morgan fingerprint density at radius 3 is 1.02 bits per heavy atom. The molecule has 0 fully saturated rings. The van der Waals surface area contributed by atoms with Crippen LogP contribution < -0.4 is 103 Å². The second kappa shape index (κ2) is 56.5. The number of aliphatic hydroxyl groups is 1. The Bertz CT molecular complexity index is 5300. The molecule has 50 nitrogen and oxygen atoms in total. The molecule has 50 heteroatoms. The number of phenolic OH excluding ortho intramolecular Hbond substituents is 3. The molecule has 0 saturated carbocycles. The number of nitrogens with zero attached hydrogens (tertiary/aromatic N) is 3. The number of amides is 16. The summed E-state index contributed by atoms with van der Waals surface area (Å²) < 4.78 is 0. The van der Waals surface area contributed by atoms with Gasteiger partial charge in [0.1, 0.15) is 102 Å². The van der Waals surface area contributed by atoms with Crippen LogP contribution in [0.15, 0.2) is 133 Å². The predicted molar refractivity (Wildman–Crippen MR) is 500 cm³/mol. The number of carboxylic acids is 3. The van der Waals surface area contributed by atoms with Gasteiger partial charge in [0.05, 0.1) is 49.0 Å². The third-order valence-electron chi connectivity index (χ3n) is 22.0. The Balaban J connectivity index is 1.29. The first-order chi connectivity index (χ1) is 66.6. The number of nitrogens with one attached hydrogen (secondary N) is 16. The van der Waals surface area contributed by atoms with Crippen molar-refractivity contribution < 1.29 is 127 Å². The first kappa shape index (κ1) is 114. The lowest BCUT2D eigenvalue weighted by atomic mass is 9.96. The number of carbonyl (C=O) groups is 19. The molecule has 6 aromatic rings. The van der Waals surface area contributed by atoms with Crippen molar-refractivity contribution in [1.29, 1.82) is 0 Å². The third-order valence-corrected chi connectivity index (χ3v) is 22.0. The van der Waals surface area contributed by atoms with Gasteiger partial charge in [0.25, 0.3) is 0 Å². The van der Waals surface area contributed by atoms with Crippen molar-refractivity contribution in [3.05, 3.63) is 162 Å². The quantitative estimate of drug-likeness (QED) is 0.00961. The number of carbonyl (C=O) groups excluding carboxylic acids is 16.